The molecule has 0 unspecified atom stereocenters. The summed E-state index contributed by atoms with van der Waals surface area (Å²) in [6.07, 6.45) is 0. The second kappa shape index (κ2) is 4.92. The molecule has 82 valence electrons. The Balaban J connectivity index is 2.40. The van der Waals surface area contributed by atoms with Crippen LogP contribution in [0.15, 0.2) is 48.5 Å². The molecule has 2 aromatic rings. The van der Waals surface area contributed by atoms with Crippen molar-refractivity contribution in [3.05, 3.63) is 59.7 Å². The molecule has 16 heavy (non-hydrogen) atoms. The number of benzene rings is 2. The van der Waals surface area contributed by atoms with Gasteiger partial charge in [0, 0.05) is 6.54 Å². The lowest BCUT2D eigenvalue weighted by atomic mass is 9.99. The zero-order chi connectivity index (χ0) is 11.4. The fourth-order valence-electron chi connectivity index (χ4n) is 1.84. The van der Waals surface area contributed by atoms with Crippen molar-refractivity contribution in [2.24, 2.45) is 0 Å². The van der Waals surface area contributed by atoms with Crippen molar-refractivity contribution >= 4 is 0 Å². The first-order valence-electron chi connectivity index (χ1n) is 5.33. The van der Waals surface area contributed by atoms with E-state index in [1.807, 2.05) is 24.3 Å². The quantitative estimate of drug-likeness (QED) is 0.768. The highest BCUT2D eigenvalue weighted by molar-refractivity contribution is 5.67. The van der Waals surface area contributed by atoms with Crippen molar-refractivity contribution in [1.29, 1.82) is 0 Å². The predicted molar refractivity (Wildman–Crippen MR) is 65.2 cm³/mol. The van der Waals surface area contributed by atoms with E-state index in [9.17, 15) is 0 Å². The lowest BCUT2D eigenvalue weighted by Gasteiger charge is -2.07. The number of hydrogen-bond donors (Lipinski definition) is 2. The Morgan fingerprint density at radius 1 is 1.06 bits per heavy atom. The van der Waals surface area contributed by atoms with Gasteiger partial charge in [0.25, 0.3) is 0 Å². The van der Waals surface area contributed by atoms with Gasteiger partial charge in [0.15, 0.2) is 0 Å². The summed E-state index contributed by atoms with van der Waals surface area (Å²) in [5, 5.41) is 8.69. The van der Waals surface area contributed by atoms with Gasteiger partial charge in [-0.2, -0.15) is 0 Å². The summed E-state index contributed by atoms with van der Waals surface area (Å²) in [6.45, 7) is 2.58. The maximum atomic E-state index is 8.69. The molecule has 0 amide bonds. The molecule has 0 saturated carbocycles. The van der Waals surface area contributed by atoms with Gasteiger partial charge in [-0.25, -0.2) is 5.48 Å². The van der Waals surface area contributed by atoms with Crippen LogP contribution in [0.2, 0.25) is 0 Å². The molecule has 2 rings (SSSR count). The highest BCUT2D eigenvalue weighted by Gasteiger charge is 2.01. The van der Waals surface area contributed by atoms with Crippen molar-refractivity contribution in [3.63, 3.8) is 0 Å². The minimum atomic E-state index is 0.472. The third-order valence-electron chi connectivity index (χ3n) is 2.67. The fraction of sp³-hybridized carbons (Fsp3) is 0.143. The van der Waals surface area contributed by atoms with Crippen LogP contribution in [0.5, 0.6) is 0 Å². The molecule has 2 nitrogen and oxygen atoms in total. The summed E-state index contributed by atoms with van der Waals surface area (Å²) in [7, 11) is 0. The molecule has 0 spiro atoms. The first-order valence-corrected chi connectivity index (χ1v) is 5.33. The van der Waals surface area contributed by atoms with Crippen LogP contribution in [-0.4, -0.2) is 5.21 Å². The Morgan fingerprint density at radius 2 is 1.88 bits per heavy atom. The van der Waals surface area contributed by atoms with Crippen LogP contribution in [0.3, 0.4) is 0 Å². The van der Waals surface area contributed by atoms with E-state index in [2.05, 4.69) is 36.7 Å². The average molecular weight is 213 g/mol. The van der Waals surface area contributed by atoms with Gasteiger partial charge in [-0.15, -0.1) is 0 Å². The van der Waals surface area contributed by atoms with Crippen molar-refractivity contribution in [1.82, 2.24) is 5.48 Å². The van der Waals surface area contributed by atoms with E-state index in [0.29, 0.717) is 6.54 Å². The molecule has 0 aliphatic rings. The van der Waals surface area contributed by atoms with Gasteiger partial charge < -0.3 is 5.21 Å². The van der Waals surface area contributed by atoms with Crippen LogP contribution in [-0.2, 0) is 6.54 Å². The van der Waals surface area contributed by atoms with E-state index in [1.165, 1.54) is 16.7 Å². The molecule has 0 aromatic heterocycles. The van der Waals surface area contributed by atoms with E-state index in [1.54, 1.807) is 0 Å². The SMILES string of the molecule is Cc1ccccc1-c1cccc(CNO)c1. The van der Waals surface area contributed by atoms with Crippen molar-refractivity contribution in [3.8, 4) is 11.1 Å². The van der Waals surface area contributed by atoms with E-state index in [-0.39, 0.29) is 0 Å². The molecule has 2 N–H and O–H groups in total. The highest BCUT2D eigenvalue weighted by Crippen LogP contribution is 2.23. The minimum Gasteiger partial charge on any atom is -0.316 e. The summed E-state index contributed by atoms with van der Waals surface area (Å²) in [5.74, 6) is 0. The Hall–Kier alpha value is -1.64. The van der Waals surface area contributed by atoms with Gasteiger partial charge in [-0.05, 0) is 35.2 Å². The second-order valence-electron chi connectivity index (χ2n) is 3.85. The summed E-state index contributed by atoms with van der Waals surface area (Å²) in [4.78, 5) is 0. The number of hydrogen-bond acceptors (Lipinski definition) is 2. The number of rotatable bonds is 3. The Kier molecular flexibility index (Phi) is 3.34. The molecular weight excluding hydrogens is 198 g/mol. The smallest absolute Gasteiger partial charge is 0.0458 e. The molecule has 0 bridgehead atoms. The summed E-state index contributed by atoms with van der Waals surface area (Å²) < 4.78 is 0. The zero-order valence-corrected chi connectivity index (χ0v) is 9.27. The summed E-state index contributed by atoms with van der Waals surface area (Å²) in [6, 6.07) is 16.5. The fourth-order valence-corrected chi connectivity index (χ4v) is 1.84. The van der Waals surface area contributed by atoms with Gasteiger partial charge in [0.05, 0.1) is 0 Å². The molecule has 0 heterocycles. The Morgan fingerprint density at radius 3 is 2.62 bits per heavy atom. The topological polar surface area (TPSA) is 32.3 Å². The summed E-state index contributed by atoms with van der Waals surface area (Å²) >= 11 is 0. The largest absolute Gasteiger partial charge is 0.316 e. The Labute approximate surface area is 95.5 Å². The zero-order valence-electron chi connectivity index (χ0n) is 9.27. The molecule has 2 heteroatoms. The molecule has 0 saturated heterocycles. The van der Waals surface area contributed by atoms with Crippen LogP contribution < -0.4 is 5.48 Å². The monoisotopic (exact) mass is 213 g/mol. The maximum Gasteiger partial charge on any atom is 0.0458 e. The van der Waals surface area contributed by atoms with Crippen LogP contribution in [0.25, 0.3) is 11.1 Å². The van der Waals surface area contributed by atoms with E-state index < -0.39 is 0 Å². The first-order chi connectivity index (χ1) is 7.81. The first kappa shape index (κ1) is 10.9. The Bertz CT molecular complexity index is 480. The maximum absolute atomic E-state index is 8.69. The van der Waals surface area contributed by atoms with Crippen molar-refractivity contribution in [2.45, 2.75) is 13.5 Å². The van der Waals surface area contributed by atoms with Gasteiger partial charge in [-0.3, -0.25) is 0 Å². The molecule has 0 radical (unpaired) electrons. The molecular formula is C14H15NO. The lowest BCUT2D eigenvalue weighted by Crippen LogP contribution is -2.05. The average Bonchev–Trinajstić information content (AvgIpc) is 2.30. The lowest BCUT2D eigenvalue weighted by molar-refractivity contribution is 0.161. The van der Waals surface area contributed by atoms with Crippen molar-refractivity contribution < 1.29 is 5.21 Å². The van der Waals surface area contributed by atoms with Gasteiger partial charge in [-0.1, -0.05) is 42.5 Å². The second-order valence-corrected chi connectivity index (χ2v) is 3.85. The van der Waals surface area contributed by atoms with E-state index in [0.717, 1.165) is 5.56 Å². The summed E-state index contributed by atoms with van der Waals surface area (Å²) in [5.41, 5.74) is 6.93. The predicted octanol–water partition coefficient (Wildman–Crippen LogP) is 3.14. The van der Waals surface area contributed by atoms with E-state index >= 15 is 0 Å². The molecule has 0 fully saturated rings. The van der Waals surface area contributed by atoms with Gasteiger partial charge in [0.1, 0.15) is 0 Å². The highest BCUT2D eigenvalue weighted by atomic mass is 16.5. The van der Waals surface area contributed by atoms with Crippen LogP contribution >= 0.6 is 0 Å². The molecule has 0 aliphatic heterocycles. The van der Waals surface area contributed by atoms with Gasteiger partial charge >= 0.3 is 0 Å². The minimum absolute atomic E-state index is 0.472. The molecule has 0 aliphatic carbocycles. The third kappa shape index (κ3) is 2.30. The standard InChI is InChI=1S/C14H15NO/c1-11-5-2-3-8-14(11)13-7-4-6-12(9-13)10-15-16/h2-9,15-16H,10H2,1H3. The third-order valence-corrected chi connectivity index (χ3v) is 2.67. The molecule has 0 atom stereocenters. The van der Waals surface area contributed by atoms with Crippen molar-refractivity contribution in [2.75, 3.05) is 0 Å². The van der Waals surface area contributed by atoms with Crippen LogP contribution in [0.1, 0.15) is 11.1 Å². The normalized spacial score (nSPS) is 10.4. The number of aryl methyl sites for hydroxylation is 1. The van der Waals surface area contributed by atoms with Crippen LogP contribution in [0.4, 0.5) is 0 Å². The van der Waals surface area contributed by atoms with E-state index in [4.69, 9.17) is 5.21 Å². The van der Waals surface area contributed by atoms with Crippen LogP contribution in [0, 0.1) is 6.92 Å². The number of hydroxylamine groups is 1. The van der Waals surface area contributed by atoms with Gasteiger partial charge in [0.2, 0.25) is 0 Å². The molecule has 2 aromatic carbocycles. The number of nitrogens with one attached hydrogen (secondary N) is 1.